The Hall–Kier alpha value is -1.83. The third-order valence-electron chi connectivity index (χ3n) is 6.10. The van der Waals surface area contributed by atoms with Crippen molar-refractivity contribution in [1.29, 1.82) is 0 Å². The van der Waals surface area contributed by atoms with E-state index in [0.29, 0.717) is 18.8 Å². The van der Waals surface area contributed by atoms with E-state index in [2.05, 4.69) is 44.8 Å². The fraction of sp³-hybridized carbons (Fsp3) is 0.708. The number of benzene rings is 1. The van der Waals surface area contributed by atoms with Crippen LogP contribution in [-0.4, -0.2) is 77.1 Å². The zero-order valence-corrected chi connectivity index (χ0v) is 19.3. The number of piperidine rings is 1. The fourth-order valence-electron chi connectivity index (χ4n) is 4.30. The molecule has 0 aliphatic carbocycles. The first-order valence-corrected chi connectivity index (χ1v) is 11.8. The molecule has 0 spiro atoms. The summed E-state index contributed by atoms with van der Waals surface area (Å²) in [5, 5.41) is 6.95. The Bertz CT molecular complexity index is 641. The number of hydrogen-bond donors (Lipinski definition) is 2. The summed E-state index contributed by atoms with van der Waals surface area (Å²) in [6.45, 7) is 6.29. The molecule has 1 aromatic rings. The molecule has 0 amide bonds. The zero-order valence-electron chi connectivity index (χ0n) is 19.3. The fourth-order valence-corrected chi connectivity index (χ4v) is 4.30. The minimum Gasteiger partial charge on any atom is -0.497 e. The lowest BCUT2D eigenvalue weighted by Crippen LogP contribution is -2.44. The van der Waals surface area contributed by atoms with Gasteiger partial charge in [-0.25, -0.2) is 0 Å². The second-order valence-corrected chi connectivity index (χ2v) is 8.33. The van der Waals surface area contributed by atoms with Crippen LogP contribution in [0, 0.1) is 0 Å². The lowest BCUT2D eigenvalue weighted by atomic mass is 10.0. The highest BCUT2D eigenvalue weighted by Gasteiger charge is 2.22. The normalized spacial score (nSPS) is 21.1. The van der Waals surface area contributed by atoms with Gasteiger partial charge in [0.25, 0.3) is 0 Å². The van der Waals surface area contributed by atoms with Crippen LogP contribution in [-0.2, 0) is 9.47 Å². The lowest BCUT2D eigenvalue weighted by molar-refractivity contribution is 0.0168. The summed E-state index contributed by atoms with van der Waals surface area (Å²) in [7, 11) is 3.54. The smallest absolute Gasteiger partial charge is 0.191 e. The van der Waals surface area contributed by atoms with Gasteiger partial charge >= 0.3 is 0 Å². The van der Waals surface area contributed by atoms with Gasteiger partial charge in [0.1, 0.15) is 5.75 Å². The molecule has 1 aromatic carbocycles. The predicted molar refractivity (Wildman–Crippen MR) is 125 cm³/mol. The maximum atomic E-state index is 5.75. The van der Waals surface area contributed by atoms with Crippen molar-refractivity contribution in [3.8, 4) is 5.75 Å². The van der Waals surface area contributed by atoms with Gasteiger partial charge in [0, 0.05) is 33.4 Å². The summed E-state index contributed by atoms with van der Waals surface area (Å²) in [4.78, 5) is 6.99. The molecule has 3 rings (SSSR count). The molecular weight excluding hydrogens is 392 g/mol. The molecule has 2 heterocycles. The molecule has 31 heavy (non-hydrogen) atoms. The molecule has 0 bridgehead atoms. The molecule has 7 nitrogen and oxygen atoms in total. The van der Waals surface area contributed by atoms with E-state index in [0.717, 1.165) is 70.4 Å². The van der Waals surface area contributed by atoms with Crippen molar-refractivity contribution in [3.63, 3.8) is 0 Å². The number of nitrogens with zero attached hydrogens (tertiary/aromatic N) is 2. The first-order valence-electron chi connectivity index (χ1n) is 11.8. The van der Waals surface area contributed by atoms with Gasteiger partial charge in [-0.2, -0.15) is 0 Å². The van der Waals surface area contributed by atoms with Crippen LogP contribution in [0.3, 0.4) is 0 Å². The Balaban J connectivity index is 1.43. The third kappa shape index (κ3) is 7.98. The second kappa shape index (κ2) is 13.6. The number of likely N-dealkylation sites (tertiary alicyclic amines) is 1. The minimum absolute atomic E-state index is 0.298. The number of nitrogens with one attached hydrogen (secondary N) is 2. The van der Waals surface area contributed by atoms with Crippen LogP contribution in [0.4, 0.5) is 0 Å². The van der Waals surface area contributed by atoms with Crippen molar-refractivity contribution < 1.29 is 14.2 Å². The molecule has 2 saturated heterocycles. The van der Waals surface area contributed by atoms with Crippen LogP contribution in [0.25, 0.3) is 0 Å². The Morgan fingerprint density at radius 3 is 2.65 bits per heavy atom. The maximum Gasteiger partial charge on any atom is 0.191 e. The molecule has 0 aromatic heterocycles. The van der Waals surface area contributed by atoms with E-state index in [1.807, 2.05) is 7.05 Å². The maximum absolute atomic E-state index is 5.75. The molecular formula is C24H40N4O3. The van der Waals surface area contributed by atoms with E-state index in [4.69, 9.17) is 14.2 Å². The van der Waals surface area contributed by atoms with E-state index in [1.54, 1.807) is 7.11 Å². The average molecular weight is 433 g/mol. The van der Waals surface area contributed by atoms with Crippen LogP contribution < -0.4 is 15.4 Å². The topological polar surface area (TPSA) is 67.4 Å². The molecule has 7 heteroatoms. The molecule has 2 unspecified atom stereocenters. The molecule has 0 saturated carbocycles. The first kappa shape index (κ1) is 23.8. The summed E-state index contributed by atoms with van der Waals surface area (Å²) < 4.78 is 16.7. The number of methoxy groups -OCH3 is 1. The number of guanidine groups is 1. The number of ether oxygens (including phenoxy) is 3. The van der Waals surface area contributed by atoms with Gasteiger partial charge in [-0.1, -0.05) is 18.6 Å². The third-order valence-corrected chi connectivity index (χ3v) is 6.10. The van der Waals surface area contributed by atoms with Crippen LogP contribution in [0.1, 0.15) is 50.1 Å². The second-order valence-electron chi connectivity index (χ2n) is 8.33. The summed E-state index contributed by atoms with van der Waals surface area (Å²) in [6.07, 6.45) is 7.40. The predicted octanol–water partition coefficient (Wildman–Crippen LogP) is 2.97. The van der Waals surface area contributed by atoms with Gasteiger partial charge in [0.05, 0.1) is 25.9 Å². The Kier molecular flexibility index (Phi) is 10.4. The highest BCUT2D eigenvalue weighted by molar-refractivity contribution is 5.79. The Morgan fingerprint density at radius 1 is 1.16 bits per heavy atom. The van der Waals surface area contributed by atoms with Crippen LogP contribution in [0.5, 0.6) is 5.75 Å². The molecule has 2 N–H and O–H groups in total. The number of hydrogen-bond acceptors (Lipinski definition) is 5. The van der Waals surface area contributed by atoms with E-state index < -0.39 is 0 Å². The summed E-state index contributed by atoms with van der Waals surface area (Å²) in [5.74, 6) is 1.74. The van der Waals surface area contributed by atoms with E-state index in [1.165, 1.54) is 24.8 Å². The standard InChI is InChI=1S/C24H40N4O3/c1-25-24(26-13-7-16-30-19-22-8-6-17-31-22)27-18-23(28-14-4-3-5-15-28)20-9-11-21(29-2)12-10-20/h9-12,22-23H,3-8,13-19H2,1-2H3,(H2,25,26,27). The van der Waals surface area contributed by atoms with Crippen molar-refractivity contribution in [2.24, 2.45) is 4.99 Å². The summed E-state index contributed by atoms with van der Waals surface area (Å²) in [6, 6.07) is 8.79. The van der Waals surface area contributed by atoms with Crippen LogP contribution >= 0.6 is 0 Å². The number of rotatable bonds is 11. The number of aliphatic imine (C=N–C) groups is 1. The monoisotopic (exact) mass is 432 g/mol. The molecule has 0 radical (unpaired) electrons. The first-order chi connectivity index (χ1) is 15.3. The quantitative estimate of drug-likeness (QED) is 0.318. The minimum atomic E-state index is 0.298. The molecule has 2 fully saturated rings. The van der Waals surface area contributed by atoms with E-state index >= 15 is 0 Å². The van der Waals surface area contributed by atoms with Gasteiger partial charge in [0.15, 0.2) is 5.96 Å². The lowest BCUT2D eigenvalue weighted by Gasteiger charge is -2.35. The molecule has 2 aliphatic heterocycles. The highest BCUT2D eigenvalue weighted by Crippen LogP contribution is 2.25. The van der Waals surface area contributed by atoms with Crippen molar-refractivity contribution in [2.75, 3.05) is 60.2 Å². The van der Waals surface area contributed by atoms with Crippen molar-refractivity contribution in [3.05, 3.63) is 29.8 Å². The largest absolute Gasteiger partial charge is 0.497 e. The molecule has 2 aliphatic rings. The highest BCUT2D eigenvalue weighted by atomic mass is 16.5. The average Bonchev–Trinajstić information content (AvgIpc) is 3.34. The Morgan fingerprint density at radius 2 is 1.97 bits per heavy atom. The van der Waals surface area contributed by atoms with Gasteiger partial charge < -0.3 is 24.8 Å². The van der Waals surface area contributed by atoms with E-state index in [9.17, 15) is 0 Å². The SMILES string of the molecule is CN=C(NCCCOCC1CCCO1)NCC(c1ccc(OC)cc1)N1CCCCC1. The van der Waals surface area contributed by atoms with Gasteiger partial charge in [-0.05, 0) is 62.9 Å². The van der Waals surface area contributed by atoms with Gasteiger partial charge in [-0.3, -0.25) is 9.89 Å². The van der Waals surface area contributed by atoms with Gasteiger partial charge in [-0.15, -0.1) is 0 Å². The van der Waals surface area contributed by atoms with Crippen LogP contribution in [0.2, 0.25) is 0 Å². The van der Waals surface area contributed by atoms with Gasteiger partial charge in [0.2, 0.25) is 0 Å². The molecule has 174 valence electrons. The van der Waals surface area contributed by atoms with Crippen molar-refractivity contribution >= 4 is 5.96 Å². The summed E-state index contributed by atoms with van der Waals surface area (Å²) in [5.41, 5.74) is 1.31. The molecule has 2 atom stereocenters. The van der Waals surface area contributed by atoms with Crippen molar-refractivity contribution in [2.45, 2.75) is 50.7 Å². The zero-order chi connectivity index (χ0) is 21.7. The Labute approximate surface area is 187 Å². The summed E-state index contributed by atoms with van der Waals surface area (Å²) >= 11 is 0. The van der Waals surface area contributed by atoms with Crippen LogP contribution in [0.15, 0.2) is 29.3 Å². The van der Waals surface area contributed by atoms with Crippen molar-refractivity contribution in [1.82, 2.24) is 15.5 Å². The van der Waals surface area contributed by atoms with E-state index in [-0.39, 0.29) is 0 Å².